The Labute approximate surface area is 166 Å². The van der Waals surface area contributed by atoms with Gasteiger partial charge in [0.1, 0.15) is 17.2 Å². The van der Waals surface area contributed by atoms with Crippen molar-refractivity contribution in [2.45, 2.75) is 42.8 Å². The molecule has 0 N–H and O–H groups in total. The van der Waals surface area contributed by atoms with Crippen molar-refractivity contribution in [3.05, 3.63) is 66.0 Å². The number of nitrogens with zero attached hydrogens (tertiary/aromatic N) is 3. The van der Waals surface area contributed by atoms with E-state index >= 15 is 0 Å². The van der Waals surface area contributed by atoms with Gasteiger partial charge in [-0.15, -0.1) is 10.2 Å². The van der Waals surface area contributed by atoms with E-state index in [1.807, 2.05) is 29.7 Å². The number of cyclic esters (lactones) is 1. The van der Waals surface area contributed by atoms with Crippen LogP contribution < -0.4 is 0 Å². The second kappa shape index (κ2) is 8.14. The molecular formula is C21H20FN3O2S. The van der Waals surface area contributed by atoms with E-state index in [1.165, 1.54) is 23.4 Å². The van der Waals surface area contributed by atoms with Gasteiger partial charge in [0.05, 0.1) is 5.56 Å². The zero-order valence-electron chi connectivity index (χ0n) is 15.4. The first-order valence-electron chi connectivity index (χ1n) is 9.21. The van der Waals surface area contributed by atoms with Crippen molar-refractivity contribution in [1.29, 1.82) is 0 Å². The smallest absolute Gasteiger partial charge is 0.319 e. The van der Waals surface area contributed by atoms with E-state index in [9.17, 15) is 9.18 Å². The number of aryl methyl sites for hydroxylation is 1. The third-order valence-corrected chi connectivity index (χ3v) is 5.85. The van der Waals surface area contributed by atoms with Crippen LogP contribution in [0.2, 0.25) is 0 Å². The Hall–Kier alpha value is -2.67. The fourth-order valence-electron chi connectivity index (χ4n) is 3.25. The summed E-state index contributed by atoms with van der Waals surface area (Å²) in [4.78, 5) is 12.1. The van der Waals surface area contributed by atoms with E-state index in [0.717, 1.165) is 6.42 Å². The fourth-order valence-corrected chi connectivity index (χ4v) is 4.41. The average Bonchev–Trinajstić information content (AvgIpc) is 3.23. The van der Waals surface area contributed by atoms with Crippen LogP contribution in [0, 0.1) is 5.82 Å². The van der Waals surface area contributed by atoms with Gasteiger partial charge in [-0.1, -0.05) is 54.2 Å². The summed E-state index contributed by atoms with van der Waals surface area (Å²) >= 11 is 1.34. The molecule has 1 saturated heterocycles. The SMILES string of the molecule is C[C@H]1C[C@@H](Sc2nnc(-c3ccccc3F)n2CCc2ccccc2)C(=O)O1. The topological polar surface area (TPSA) is 57.0 Å². The van der Waals surface area contributed by atoms with Crippen molar-refractivity contribution in [2.75, 3.05) is 0 Å². The van der Waals surface area contributed by atoms with E-state index in [0.29, 0.717) is 29.5 Å². The molecule has 0 radical (unpaired) electrons. The highest BCUT2D eigenvalue weighted by molar-refractivity contribution is 8.00. The molecule has 1 aliphatic heterocycles. The quantitative estimate of drug-likeness (QED) is 0.586. The number of ether oxygens (including phenoxy) is 1. The maximum atomic E-state index is 14.4. The van der Waals surface area contributed by atoms with Crippen molar-refractivity contribution < 1.29 is 13.9 Å². The molecule has 144 valence electrons. The Balaban J connectivity index is 1.65. The Morgan fingerprint density at radius 2 is 1.89 bits per heavy atom. The minimum Gasteiger partial charge on any atom is -0.462 e. The summed E-state index contributed by atoms with van der Waals surface area (Å²) < 4.78 is 21.5. The van der Waals surface area contributed by atoms with Crippen LogP contribution in [0.3, 0.4) is 0 Å². The number of hydrogen-bond acceptors (Lipinski definition) is 5. The Kier molecular flexibility index (Phi) is 5.43. The number of esters is 1. The highest BCUT2D eigenvalue weighted by atomic mass is 32.2. The van der Waals surface area contributed by atoms with Crippen molar-refractivity contribution in [2.24, 2.45) is 0 Å². The van der Waals surface area contributed by atoms with E-state index in [2.05, 4.69) is 22.3 Å². The van der Waals surface area contributed by atoms with E-state index in [4.69, 9.17) is 4.74 Å². The molecule has 0 spiro atoms. The summed E-state index contributed by atoms with van der Waals surface area (Å²) in [6, 6.07) is 16.6. The zero-order valence-corrected chi connectivity index (χ0v) is 16.2. The minimum absolute atomic E-state index is 0.100. The first-order valence-corrected chi connectivity index (χ1v) is 10.1. The molecule has 2 atom stereocenters. The number of hydrogen-bond donors (Lipinski definition) is 0. The summed E-state index contributed by atoms with van der Waals surface area (Å²) in [5.41, 5.74) is 1.57. The molecule has 0 amide bonds. The normalized spacial score (nSPS) is 19.0. The van der Waals surface area contributed by atoms with Gasteiger partial charge in [0, 0.05) is 13.0 Å². The molecule has 7 heteroatoms. The summed E-state index contributed by atoms with van der Waals surface area (Å²) in [5.74, 6) is -0.111. The molecule has 1 fully saturated rings. The van der Waals surface area contributed by atoms with Crippen LogP contribution in [-0.2, 0) is 22.5 Å². The van der Waals surface area contributed by atoms with Crippen LogP contribution in [-0.4, -0.2) is 32.1 Å². The largest absolute Gasteiger partial charge is 0.462 e. The van der Waals surface area contributed by atoms with Gasteiger partial charge in [-0.2, -0.15) is 0 Å². The lowest BCUT2D eigenvalue weighted by atomic mass is 10.1. The van der Waals surface area contributed by atoms with Gasteiger partial charge in [0.2, 0.25) is 0 Å². The molecule has 1 aliphatic rings. The molecule has 2 aromatic carbocycles. The Bertz CT molecular complexity index is 977. The Morgan fingerprint density at radius 1 is 1.14 bits per heavy atom. The maximum Gasteiger partial charge on any atom is 0.319 e. The second-order valence-corrected chi connectivity index (χ2v) is 7.93. The van der Waals surface area contributed by atoms with Crippen LogP contribution in [0.5, 0.6) is 0 Å². The van der Waals surface area contributed by atoms with E-state index in [-0.39, 0.29) is 23.1 Å². The predicted molar refractivity (Wildman–Crippen MR) is 105 cm³/mol. The third kappa shape index (κ3) is 3.94. The molecule has 3 aromatic rings. The minimum atomic E-state index is -0.346. The molecule has 0 saturated carbocycles. The second-order valence-electron chi connectivity index (χ2n) is 6.76. The third-order valence-electron chi connectivity index (χ3n) is 4.67. The van der Waals surface area contributed by atoms with Crippen LogP contribution >= 0.6 is 11.8 Å². The van der Waals surface area contributed by atoms with Gasteiger partial charge in [-0.05, 0) is 31.0 Å². The lowest BCUT2D eigenvalue weighted by Crippen LogP contribution is -2.12. The summed E-state index contributed by atoms with van der Waals surface area (Å²) in [6.45, 7) is 2.46. The van der Waals surface area contributed by atoms with Crippen molar-refractivity contribution in [3.63, 3.8) is 0 Å². The monoisotopic (exact) mass is 397 g/mol. The van der Waals surface area contributed by atoms with Crippen LogP contribution in [0.1, 0.15) is 18.9 Å². The zero-order chi connectivity index (χ0) is 19.5. The van der Waals surface area contributed by atoms with Gasteiger partial charge in [-0.25, -0.2) is 4.39 Å². The van der Waals surface area contributed by atoms with Gasteiger partial charge >= 0.3 is 5.97 Å². The number of carbonyl (C=O) groups is 1. The molecule has 2 heterocycles. The van der Waals surface area contributed by atoms with Crippen molar-refractivity contribution >= 4 is 17.7 Å². The van der Waals surface area contributed by atoms with Gasteiger partial charge in [0.15, 0.2) is 11.0 Å². The van der Waals surface area contributed by atoms with Crippen LogP contribution in [0.4, 0.5) is 4.39 Å². The molecular weight excluding hydrogens is 377 g/mol. The van der Waals surface area contributed by atoms with E-state index in [1.54, 1.807) is 18.2 Å². The lowest BCUT2D eigenvalue weighted by molar-refractivity contribution is -0.140. The summed E-state index contributed by atoms with van der Waals surface area (Å²) in [5, 5.41) is 8.80. The average molecular weight is 397 g/mol. The van der Waals surface area contributed by atoms with E-state index < -0.39 is 0 Å². The van der Waals surface area contributed by atoms with Gasteiger partial charge < -0.3 is 9.30 Å². The maximum absolute atomic E-state index is 14.4. The highest BCUT2D eigenvalue weighted by Gasteiger charge is 2.34. The molecule has 1 aromatic heterocycles. The molecule has 0 aliphatic carbocycles. The first kappa shape index (κ1) is 18.7. The number of rotatable bonds is 6. The van der Waals surface area contributed by atoms with Gasteiger partial charge in [-0.3, -0.25) is 4.79 Å². The number of aromatic nitrogens is 3. The van der Waals surface area contributed by atoms with Crippen molar-refractivity contribution in [3.8, 4) is 11.4 Å². The number of thioether (sulfide) groups is 1. The number of halogens is 1. The fraction of sp³-hybridized carbons (Fsp3) is 0.286. The number of carbonyl (C=O) groups excluding carboxylic acids is 1. The highest BCUT2D eigenvalue weighted by Crippen LogP contribution is 2.33. The first-order chi connectivity index (χ1) is 13.6. The van der Waals surface area contributed by atoms with Gasteiger partial charge in [0.25, 0.3) is 0 Å². The van der Waals surface area contributed by atoms with Crippen LogP contribution in [0.25, 0.3) is 11.4 Å². The molecule has 4 rings (SSSR count). The standard InChI is InChI=1S/C21H20FN3O2S/c1-14-13-18(20(26)27-14)28-21-24-23-19(16-9-5-6-10-17(16)22)25(21)12-11-15-7-3-2-4-8-15/h2-10,14,18H,11-13H2,1H3/t14-,18+/m0/s1. The molecule has 0 unspecified atom stereocenters. The molecule has 0 bridgehead atoms. The predicted octanol–water partition coefficient (Wildman–Crippen LogP) is 4.12. The molecule has 5 nitrogen and oxygen atoms in total. The Morgan fingerprint density at radius 3 is 2.61 bits per heavy atom. The molecule has 28 heavy (non-hydrogen) atoms. The van der Waals surface area contributed by atoms with Crippen LogP contribution in [0.15, 0.2) is 59.8 Å². The lowest BCUT2D eigenvalue weighted by Gasteiger charge is -2.12. The van der Waals surface area contributed by atoms with Crippen molar-refractivity contribution in [1.82, 2.24) is 14.8 Å². The summed E-state index contributed by atoms with van der Waals surface area (Å²) in [6.07, 6.45) is 1.28. The number of benzene rings is 2. The summed E-state index contributed by atoms with van der Waals surface area (Å²) in [7, 11) is 0.